The molecule has 0 aromatic heterocycles. The van der Waals surface area contributed by atoms with Crippen LogP contribution in [0.5, 0.6) is 0 Å². The van der Waals surface area contributed by atoms with Gasteiger partial charge in [-0.15, -0.1) is 0 Å². The van der Waals surface area contributed by atoms with Gasteiger partial charge >= 0.3 is 0 Å². The van der Waals surface area contributed by atoms with Crippen LogP contribution in [0.2, 0.25) is 5.02 Å². The first-order chi connectivity index (χ1) is 7.50. The van der Waals surface area contributed by atoms with Crippen molar-refractivity contribution in [3.63, 3.8) is 0 Å². The summed E-state index contributed by atoms with van der Waals surface area (Å²) in [4.78, 5) is 0. The molecule has 3 heteroatoms. The number of halogens is 2. The Kier molecular flexibility index (Phi) is 5.07. The molecule has 0 heterocycles. The summed E-state index contributed by atoms with van der Waals surface area (Å²) in [5.41, 5.74) is 0.417. The smallest absolute Gasteiger partial charge is 0.147 e. The van der Waals surface area contributed by atoms with Gasteiger partial charge in [-0.2, -0.15) is 0 Å². The molecule has 1 nitrogen and oxygen atoms in total. The van der Waals surface area contributed by atoms with E-state index in [1.165, 1.54) is 6.07 Å². The fourth-order valence-electron chi connectivity index (χ4n) is 1.54. The fourth-order valence-corrected chi connectivity index (χ4v) is 1.76. The summed E-state index contributed by atoms with van der Waals surface area (Å²) in [5.74, 6) is 0.379. The molecule has 1 unspecified atom stereocenters. The van der Waals surface area contributed by atoms with Gasteiger partial charge in [-0.1, -0.05) is 31.5 Å². The van der Waals surface area contributed by atoms with Crippen LogP contribution in [0.3, 0.4) is 0 Å². The van der Waals surface area contributed by atoms with E-state index >= 15 is 0 Å². The highest BCUT2D eigenvalue weighted by Crippen LogP contribution is 2.26. The van der Waals surface area contributed by atoms with Crippen molar-refractivity contribution in [1.29, 1.82) is 0 Å². The first kappa shape index (κ1) is 13.3. The molecule has 0 fully saturated rings. The van der Waals surface area contributed by atoms with Crippen LogP contribution in [-0.2, 0) is 0 Å². The molecule has 90 valence electrons. The summed E-state index contributed by atoms with van der Waals surface area (Å²) in [6.07, 6.45) is 2.14. The predicted molar refractivity (Wildman–Crippen MR) is 68.6 cm³/mol. The summed E-state index contributed by atoms with van der Waals surface area (Å²) < 4.78 is 13.5. The van der Waals surface area contributed by atoms with Crippen molar-refractivity contribution in [2.75, 3.05) is 5.32 Å². The van der Waals surface area contributed by atoms with E-state index in [1.807, 2.05) is 6.92 Å². The van der Waals surface area contributed by atoms with Gasteiger partial charge in [-0.05, 0) is 37.8 Å². The molecule has 1 atom stereocenters. The van der Waals surface area contributed by atoms with Gasteiger partial charge in [-0.3, -0.25) is 0 Å². The van der Waals surface area contributed by atoms with Gasteiger partial charge in [0.1, 0.15) is 5.82 Å². The number of benzene rings is 1. The highest BCUT2D eigenvalue weighted by Gasteiger charge is 2.10. The Bertz CT molecular complexity index is 318. The molecule has 0 saturated carbocycles. The predicted octanol–water partition coefficient (Wildman–Crippen LogP) is 4.72. The number of rotatable bonds is 5. The quantitative estimate of drug-likeness (QED) is 0.789. The minimum atomic E-state index is -0.288. The molecule has 0 radical (unpaired) electrons. The Labute approximate surface area is 102 Å². The summed E-state index contributed by atoms with van der Waals surface area (Å²) in [5, 5.41) is 3.57. The van der Waals surface area contributed by atoms with Gasteiger partial charge in [0.2, 0.25) is 0 Å². The van der Waals surface area contributed by atoms with Crippen LogP contribution in [0.25, 0.3) is 0 Å². The van der Waals surface area contributed by atoms with E-state index in [9.17, 15) is 4.39 Å². The molecule has 0 spiro atoms. The van der Waals surface area contributed by atoms with Gasteiger partial charge in [0.15, 0.2) is 0 Å². The maximum Gasteiger partial charge on any atom is 0.147 e. The zero-order chi connectivity index (χ0) is 12.1. The Balaban J connectivity index is 2.59. The van der Waals surface area contributed by atoms with Crippen LogP contribution in [0.1, 0.15) is 33.6 Å². The second-order valence-corrected chi connectivity index (χ2v) is 5.02. The fraction of sp³-hybridized carbons (Fsp3) is 0.538. The molecule has 0 amide bonds. The molecule has 1 aromatic carbocycles. The van der Waals surface area contributed by atoms with Gasteiger partial charge in [-0.25, -0.2) is 4.39 Å². The lowest BCUT2D eigenvalue weighted by Gasteiger charge is -2.17. The SMILES string of the molecule is CC(C)CCC(C)Nc1c(F)cccc1Cl. The second-order valence-electron chi connectivity index (χ2n) is 4.61. The van der Waals surface area contributed by atoms with E-state index in [1.54, 1.807) is 12.1 Å². The minimum absolute atomic E-state index is 0.233. The molecular formula is C13H19ClFN. The van der Waals surface area contributed by atoms with Gasteiger partial charge in [0, 0.05) is 6.04 Å². The van der Waals surface area contributed by atoms with Crippen molar-refractivity contribution in [3.8, 4) is 0 Å². The third-order valence-corrected chi connectivity index (χ3v) is 2.85. The molecule has 0 saturated heterocycles. The Morgan fingerprint density at radius 2 is 1.94 bits per heavy atom. The molecule has 0 aliphatic carbocycles. The molecule has 0 aliphatic heterocycles. The van der Waals surface area contributed by atoms with E-state index in [0.29, 0.717) is 16.6 Å². The topological polar surface area (TPSA) is 12.0 Å². The van der Waals surface area contributed by atoms with Gasteiger partial charge in [0.05, 0.1) is 10.7 Å². The highest BCUT2D eigenvalue weighted by atomic mass is 35.5. The zero-order valence-corrected chi connectivity index (χ0v) is 10.8. The highest BCUT2D eigenvalue weighted by molar-refractivity contribution is 6.33. The molecule has 1 rings (SSSR count). The molecule has 1 aromatic rings. The molecule has 16 heavy (non-hydrogen) atoms. The second kappa shape index (κ2) is 6.09. The molecule has 0 aliphatic rings. The zero-order valence-electron chi connectivity index (χ0n) is 10.1. The summed E-state index contributed by atoms with van der Waals surface area (Å²) in [7, 11) is 0. The van der Waals surface area contributed by atoms with E-state index < -0.39 is 0 Å². The summed E-state index contributed by atoms with van der Waals surface area (Å²) >= 11 is 5.93. The van der Waals surface area contributed by atoms with Crippen molar-refractivity contribution in [3.05, 3.63) is 29.0 Å². The van der Waals surface area contributed by atoms with E-state index in [4.69, 9.17) is 11.6 Å². The Hall–Kier alpha value is -0.760. The normalized spacial score (nSPS) is 12.9. The minimum Gasteiger partial charge on any atom is -0.379 e. The third kappa shape index (κ3) is 4.01. The van der Waals surface area contributed by atoms with Crippen molar-refractivity contribution in [1.82, 2.24) is 0 Å². The van der Waals surface area contributed by atoms with Gasteiger partial charge in [0.25, 0.3) is 0 Å². The standard InChI is InChI=1S/C13H19ClFN/c1-9(2)7-8-10(3)16-13-11(14)5-4-6-12(13)15/h4-6,9-10,16H,7-8H2,1-3H3. The number of hydrogen-bond acceptors (Lipinski definition) is 1. The molecular weight excluding hydrogens is 225 g/mol. The Morgan fingerprint density at radius 1 is 1.25 bits per heavy atom. The van der Waals surface area contributed by atoms with E-state index in [0.717, 1.165) is 12.8 Å². The van der Waals surface area contributed by atoms with Crippen molar-refractivity contribution in [2.24, 2.45) is 5.92 Å². The summed E-state index contributed by atoms with van der Waals surface area (Å²) in [6, 6.07) is 4.96. The lowest BCUT2D eigenvalue weighted by Crippen LogP contribution is -2.17. The maximum atomic E-state index is 13.5. The molecule has 0 bridgehead atoms. The van der Waals surface area contributed by atoms with Crippen molar-refractivity contribution < 1.29 is 4.39 Å². The largest absolute Gasteiger partial charge is 0.379 e. The van der Waals surface area contributed by atoms with Crippen molar-refractivity contribution in [2.45, 2.75) is 39.7 Å². The van der Waals surface area contributed by atoms with Crippen LogP contribution in [0.4, 0.5) is 10.1 Å². The third-order valence-electron chi connectivity index (χ3n) is 2.53. The number of hydrogen-bond donors (Lipinski definition) is 1. The average Bonchev–Trinajstić information content (AvgIpc) is 2.21. The first-order valence-corrected chi connectivity index (χ1v) is 6.09. The number of nitrogens with one attached hydrogen (secondary N) is 1. The number of anilines is 1. The Morgan fingerprint density at radius 3 is 2.50 bits per heavy atom. The van der Waals surface area contributed by atoms with Gasteiger partial charge < -0.3 is 5.32 Å². The van der Waals surface area contributed by atoms with Crippen LogP contribution < -0.4 is 5.32 Å². The maximum absolute atomic E-state index is 13.5. The van der Waals surface area contributed by atoms with Crippen LogP contribution >= 0.6 is 11.6 Å². The van der Waals surface area contributed by atoms with Crippen molar-refractivity contribution >= 4 is 17.3 Å². The molecule has 1 N–H and O–H groups in total. The average molecular weight is 244 g/mol. The van der Waals surface area contributed by atoms with Crippen LogP contribution in [0.15, 0.2) is 18.2 Å². The lowest BCUT2D eigenvalue weighted by molar-refractivity contribution is 0.525. The van der Waals surface area contributed by atoms with Crippen LogP contribution in [0, 0.1) is 11.7 Å². The van der Waals surface area contributed by atoms with E-state index in [-0.39, 0.29) is 11.9 Å². The summed E-state index contributed by atoms with van der Waals surface area (Å²) in [6.45, 7) is 6.41. The lowest BCUT2D eigenvalue weighted by atomic mass is 10.0. The van der Waals surface area contributed by atoms with Crippen LogP contribution in [-0.4, -0.2) is 6.04 Å². The van der Waals surface area contributed by atoms with E-state index in [2.05, 4.69) is 19.2 Å². The monoisotopic (exact) mass is 243 g/mol. The first-order valence-electron chi connectivity index (χ1n) is 5.71. The number of para-hydroxylation sites is 1.